The van der Waals surface area contributed by atoms with Crippen LogP contribution in [0.5, 0.6) is 5.75 Å². The van der Waals surface area contributed by atoms with Crippen LogP contribution in [-0.2, 0) is 6.42 Å². The topological polar surface area (TPSA) is 40.5 Å². The van der Waals surface area contributed by atoms with Gasteiger partial charge in [-0.3, -0.25) is 4.79 Å². The van der Waals surface area contributed by atoms with Gasteiger partial charge >= 0.3 is 0 Å². The number of amides is 1. The summed E-state index contributed by atoms with van der Waals surface area (Å²) in [4.78, 5) is 14.1. The van der Waals surface area contributed by atoms with Crippen LogP contribution in [-0.4, -0.2) is 17.6 Å². The molecule has 20 heavy (non-hydrogen) atoms. The van der Waals surface area contributed by atoms with E-state index in [1.165, 1.54) is 24.3 Å². The van der Waals surface area contributed by atoms with Crippen molar-refractivity contribution in [2.75, 3.05) is 11.4 Å². The number of fused-ring (bicyclic) bond motifs is 1. The van der Waals surface area contributed by atoms with E-state index in [0.29, 0.717) is 17.8 Å². The Morgan fingerprint density at radius 1 is 1.15 bits per heavy atom. The number of hydrogen-bond donors (Lipinski definition) is 1. The zero-order chi connectivity index (χ0) is 14.1. The first kappa shape index (κ1) is 12.7. The summed E-state index contributed by atoms with van der Waals surface area (Å²) in [5.41, 5.74) is 1.96. The first-order chi connectivity index (χ1) is 9.66. The highest BCUT2D eigenvalue weighted by Gasteiger charge is 2.26. The van der Waals surface area contributed by atoms with Gasteiger partial charge in [0, 0.05) is 12.1 Å². The van der Waals surface area contributed by atoms with E-state index >= 15 is 0 Å². The molecule has 3 nitrogen and oxygen atoms in total. The van der Waals surface area contributed by atoms with Crippen LogP contribution in [0.15, 0.2) is 42.5 Å². The van der Waals surface area contributed by atoms with Crippen LogP contribution in [0.1, 0.15) is 22.3 Å². The molecule has 1 heterocycles. The molecule has 2 aromatic carbocycles. The zero-order valence-electron chi connectivity index (χ0n) is 10.8. The second kappa shape index (κ2) is 4.96. The molecule has 102 valence electrons. The van der Waals surface area contributed by atoms with Crippen LogP contribution in [0.3, 0.4) is 0 Å². The van der Waals surface area contributed by atoms with E-state index in [2.05, 4.69) is 0 Å². The maximum atomic E-state index is 12.9. The summed E-state index contributed by atoms with van der Waals surface area (Å²) >= 11 is 0. The molecule has 0 spiro atoms. The van der Waals surface area contributed by atoms with Gasteiger partial charge in [-0.25, -0.2) is 4.39 Å². The van der Waals surface area contributed by atoms with Gasteiger partial charge in [0.25, 0.3) is 5.91 Å². The van der Waals surface area contributed by atoms with E-state index in [-0.39, 0.29) is 17.5 Å². The van der Waals surface area contributed by atoms with Gasteiger partial charge < -0.3 is 10.0 Å². The molecule has 1 aliphatic rings. The maximum Gasteiger partial charge on any atom is 0.258 e. The number of hydrogen-bond acceptors (Lipinski definition) is 2. The number of benzene rings is 2. The Labute approximate surface area is 116 Å². The molecule has 1 N–H and O–H groups in total. The van der Waals surface area contributed by atoms with Crippen LogP contribution in [0.25, 0.3) is 0 Å². The Morgan fingerprint density at radius 3 is 2.65 bits per heavy atom. The summed E-state index contributed by atoms with van der Waals surface area (Å²) in [6.07, 6.45) is 1.69. The lowest BCUT2D eigenvalue weighted by Gasteiger charge is -2.30. The van der Waals surface area contributed by atoms with Crippen LogP contribution in [0, 0.1) is 5.82 Å². The van der Waals surface area contributed by atoms with Crippen molar-refractivity contribution in [1.29, 1.82) is 0 Å². The number of aromatic hydroxyl groups is 1. The Hall–Kier alpha value is -2.36. The van der Waals surface area contributed by atoms with E-state index in [4.69, 9.17) is 0 Å². The van der Waals surface area contributed by atoms with Crippen molar-refractivity contribution in [2.45, 2.75) is 12.8 Å². The lowest BCUT2D eigenvalue weighted by atomic mass is 10.00. The average Bonchev–Trinajstić information content (AvgIpc) is 2.47. The van der Waals surface area contributed by atoms with Gasteiger partial charge in [-0.1, -0.05) is 12.1 Å². The summed E-state index contributed by atoms with van der Waals surface area (Å²) < 4.78 is 12.9. The molecule has 0 aromatic heterocycles. The van der Waals surface area contributed by atoms with Gasteiger partial charge in [0.05, 0.1) is 5.69 Å². The molecule has 0 bridgehead atoms. The first-order valence-electron chi connectivity index (χ1n) is 6.55. The van der Waals surface area contributed by atoms with Crippen LogP contribution < -0.4 is 4.90 Å². The second-order valence-electron chi connectivity index (χ2n) is 4.85. The van der Waals surface area contributed by atoms with E-state index in [0.717, 1.165) is 18.4 Å². The average molecular weight is 271 g/mol. The Morgan fingerprint density at radius 2 is 1.90 bits per heavy atom. The van der Waals surface area contributed by atoms with Crippen molar-refractivity contribution in [3.63, 3.8) is 0 Å². The fourth-order valence-electron chi connectivity index (χ4n) is 2.58. The van der Waals surface area contributed by atoms with Crippen LogP contribution in [0.2, 0.25) is 0 Å². The molecule has 0 saturated heterocycles. The van der Waals surface area contributed by atoms with Crippen molar-refractivity contribution < 1.29 is 14.3 Å². The van der Waals surface area contributed by atoms with E-state index in [1.807, 2.05) is 6.07 Å². The smallest absolute Gasteiger partial charge is 0.258 e. The quantitative estimate of drug-likeness (QED) is 0.865. The van der Waals surface area contributed by atoms with Crippen molar-refractivity contribution in [2.24, 2.45) is 0 Å². The van der Waals surface area contributed by atoms with Gasteiger partial charge in [0.2, 0.25) is 0 Å². The van der Waals surface area contributed by atoms with Crippen molar-refractivity contribution in [3.8, 4) is 5.75 Å². The number of halogens is 1. The van der Waals surface area contributed by atoms with Crippen LogP contribution in [0.4, 0.5) is 10.1 Å². The van der Waals surface area contributed by atoms with E-state index < -0.39 is 0 Å². The minimum Gasteiger partial charge on any atom is -0.506 e. The molecule has 3 rings (SSSR count). The maximum absolute atomic E-state index is 12.9. The number of carbonyl (C=O) groups excluding carboxylic acids is 1. The molecule has 0 saturated carbocycles. The Kier molecular flexibility index (Phi) is 3.14. The lowest BCUT2D eigenvalue weighted by Crippen LogP contribution is -2.35. The normalized spacial score (nSPS) is 13.9. The number of anilines is 1. The third-order valence-corrected chi connectivity index (χ3v) is 3.53. The number of aryl methyl sites for hydroxylation is 1. The monoisotopic (exact) mass is 271 g/mol. The number of para-hydroxylation sites is 1. The number of rotatable bonds is 1. The van der Waals surface area contributed by atoms with Gasteiger partial charge in [0.1, 0.15) is 11.6 Å². The van der Waals surface area contributed by atoms with Gasteiger partial charge in [-0.05, 0) is 48.7 Å². The Balaban J connectivity index is 2.00. The van der Waals surface area contributed by atoms with Gasteiger partial charge in [-0.15, -0.1) is 0 Å². The predicted molar refractivity (Wildman–Crippen MR) is 74.5 cm³/mol. The third kappa shape index (κ3) is 2.13. The number of carbonyl (C=O) groups is 1. The largest absolute Gasteiger partial charge is 0.506 e. The highest BCUT2D eigenvalue weighted by atomic mass is 19.1. The minimum absolute atomic E-state index is 0.109. The lowest BCUT2D eigenvalue weighted by molar-refractivity contribution is 0.0984. The summed E-state index contributed by atoms with van der Waals surface area (Å²) in [5.74, 6) is -0.478. The number of nitrogens with zero attached hydrogens (tertiary/aromatic N) is 1. The Bertz CT molecular complexity index is 652. The van der Waals surface area contributed by atoms with Gasteiger partial charge in [0.15, 0.2) is 0 Å². The molecule has 0 aliphatic carbocycles. The predicted octanol–water partition coefficient (Wildman–Crippen LogP) is 3.12. The molecular formula is C16H14FNO2. The second-order valence-corrected chi connectivity index (χ2v) is 4.85. The molecule has 0 unspecified atom stereocenters. The number of phenolic OH excluding ortho intramolecular Hbond substituents is 1. The SMILES string of the molecule is O=C(c1ccc(F)cc1)N1CCCc2cccc(O)c21. The van der Waals surface area contributed by atoms with E-state index in [1.54, 1.807) is 17.0 Å². The van der Waals surface area contributed by atoms with Crippen molar-refractivity contribution in [1.82, 2.24) is 0 Å². The minimum atomic E-state index is -0.372. The molecule has 0 fully saturated rings. The fourth-order valence-corrected chi connectivity index (χ4v) is 2.58. The zero-order valence-corrected chi connectivity index (χ0v) is 10.8. The highest BCUT2D eigenvalue weighted by Crippen LogP contribution is 2.36. The summed E-state index contributed by atoms with van der Waals surface area (Å²) in [6, 6.07) is 10.7. The van der Waals surface area contributed by atoms with Crippen molar-refractivity contribution in [3.05, 3.63) is 59.4 Å². The summed E-state index contributed by atoms with van der Waals surface area (Å²) in [6.45, 7) is 0.556. The summed E-state index contributed by atoms with van der Waals surface area (Å²) in [7, 11) is 0. The molecule has 0 atom stereocenters. The van der Waals surface area contributed by atoms with Crippen molar-refractivity contribution >= 4 is 11.6 Å². The molecule has 1 amide bonds. The standard InChI is InChI=1S/C16H14FNO2/c17-13-8-6-12(7-9-13)16(20)18-10-2-4-11-3-1-5-14(19)15(11)18/h1,3,5-9,19H,2,4,10H2. The molecular weight excluding hydrogens is 257 g/mol. The van der Waals surface area contributed by atoms with E-state index in [9.17, 15) is 14.3 Å². The van der Waals surface area contributed by atoms with Crippen LogP contribution >= 0.6 is 0 Å². The molecule has 4 heteroatoms. The molecule has 0 radical (unpaired) electrons. The summed E-state index contributed by atoms with van der Waals surface area (Å²) in [5, 5.41) is 10.0. The fraction of sp³-hybridized carbons (Fsp3) is 0.188. The molecule has 1 aliphatic heterocycles. The van der Waals surface area contributed by atoms with Gasteiger partial charge in [-0.2, -0.15) is 0 Å². The third-order valence-electron chi connectivity index (χ3n) is 3.53. The highest BCUT2D eigenvalue weighted by molar-refractivity contribution is 6.07. The first-order valence-corrected chi connectivity index (χ1v) is 6.55. The number of phenols is 1. The molecule has 2 aromatic rings.